The van der Waals surface area contributed by atoms with Gasteiger partial charge in [-0.25, -0.2) is 0 Å². The molecule has 0 saturated carbocycles. The van der Waals surface area contributed by atoms with Crippen molar-refractivity contribution in [2.75, 3.05) is 13.1 Å². The molecule has 1 aliphatic rings. The number of aliphatic hydroxyl groups is 1. The minimum Gasteiger partial charge on any atom is -0.388 e. The van der Waals surface area contributed by atoms with Gasteiger partial charge in [-0.3, -0.25) is 4.79 Å². The average molecular weight is 376 g/mol. The zero-order valence-corrected chi connectivity index (χ0v) is 15.7. The van der Waals surface area contributed by atoms with Crippen LogP contribution in [0.1, 0.15) is 46.3 Å². The van der Waals surface area contributed by atoms with Crippen molar-refractivity contribution in [2.24, 2.45) is 5.92 Å². The number of hydrogen-bond acceptors (Lipinski definition) is 4. The van der Waals surface area contributed by atoms with E-state index in [0.29, 0.717) is 19.5 Å². The van der Waals surface area contributed by atoms with Crippen molar-refractivity contribution in [1.29, 1.82) is 0 Å². The molecule has 5 heteroatoms. The Morgan fingerprint density at radius 2 is 1.71 bits per heavy atom. The Hall–Kier alpha value is -2.92. The van der Waals surface area contributed by atoms with Crippen LogP contribution in [0.5, 0.6) is 0 Å². The van der Waals surface area contributed by atoms with Gasteiger partial charge >= 0.3 is 0 Å². The molecule has 1 unspecified atom stereocenters. The highest BCUT2D eigenvalue weighted by atomic mass is 16.5. The largest absolute Gasteiger partial charge is 0.388 e. The average Bonchev–Trinajstić information content (AvgIpc) is 3.22. The lowest BCUT2D eigenvalue weighted by atomic mass is 9.87. The molecular formula is C23H24N2O3. The number of hydrogen-bond donors (Lipinski definition) is 1. The summed E-state index contributed by atoms with van der Waals surface area (Å²) in [6, 6.07) is 21.4. The predicted octanol–water partition coefficient (Wildman–Crippen LogP) is 3.85. The van der Waals surface area contributed by atoms with Gasteiger partial charge in [0.05, 0.1) is 11.8 Å². The van der Waals surface area contributed by atoms with Crippen LogP contribution in [-0.2, 0) is 6.42 Å². The molecule has 1 aromatic heterocycles. The van der Waals surface area contributed by atoms with Crippen LogP contribution in [-0.4, -0.2) is 34.2 Å². The summed E-state index contributed by atoms with van der Waals surface area (Å²) in [6.45, 7) is 1.23. The highest BCUT2D eigenvalue weighted by Gasteiger charge is 2.30. The molecule has 2 heterocycles. The summed E-state index contributed by atoms with van der Waals surface area (Å²) in [5.74, 6) is 0.322. The molecule has 2 aromatic carbocycles. The summed E-state index contributed by atoms with van der Waals surface area (Å²) in [4.78, 5) is 14.5. The number of aliphatic hydroxyl groups excluding tert-OH is 1. The van der Waals surface area contributed by atoms with Gasteiger partial charge < -0.3 is 14.5 Å². The molecule has 28 heavy (non-hydrogen) atoms. The standard InChI is InChI=1S/C23H24N2O3/c26-22(18-9-5-2-6-10-18)19-11-13-25(14-12-19)23(27)21-16-20(24-28-21)15-17-7-3-1-4-8-17/h1-10,16,19,22,26H,11-15H2. The fourth-order valence-electron chi connectivity index (χ4n) is 3.80. The Labute approximate surface area is 164 Å². The first-order chi connectivity index (χ1) is 13.7. The van der Waals surface area contributed by atoms with E-state index in [1.807, 2.05) is 60.7 Å². The normalized spacial score (nSPS) is 16.1. The molecule has 0 spiro atoms. The molecule has 4 rings (SSSR count). The third-order valence-electron chi connectivity index (χ3n) is 5.41. The first kappa shape index (κ1) is 18.4. The van der Waals surface area contributed by atoms with Gasteiger partial charge in [0.15, 0.2) is 0 Å². The topological polar surface area (TPSA) is 66.6 Å². The maximum Gasteiger partial charge on any atom is 0.292 e. The lowest BCUT2D eigenvalue weighted by Crippen LogP contribution is -2.39. The van der Waals surface area contributed by atoms with Crippen molar-refractivity contribution in [1.82, 2.24) is 10.1 Å². The van der Waals surface area contributed by atoms with Gasteiger partial charge in [-0.1, -0.05) is 65.8 Å². The minimum absolute atomic E-state index is 0.125. The highest BCUT2D eigenvalue weighted by molar-refractivity contribution is 5.91. The number of rotatable bonds is 5. The predicted molar refractivity (Wildman–Crippen MR) is 106 cm³/mol. The Bertz CT molecular complexity index is 900. The zero-order valence-electron chi connectivity index (χ0n) is 15.7. The van der Waals surface area contributed by atoms with E-state index in [1.54, 1.807) is 11.0 Å². The van der Waals surface area contributed by atoms with Crippen LogP contribution in [0.3, 0.4) is 0 Å². The van der Waals surface area contributed by atoms with Gasteiger partial charge in [0.25, 0.3) is 5.91 Å². The van der Waals surface area contributed by atoms with Gasteiger partial charge in [0.1, 0.15) is 0 Å². The van der Waals surface area contributed by atoms with E-state index in [9.17, 15) is 9.90 Å². The van der Waals surface area contributed by atoms with E-state index >= 15 is 0 Å². The number of nitrogens with zero attached hydrogens (tertiary/aromatic N) is 2. The summed E-state index contributed by atoms with van der Waals surface area (Å²) in [5.41, 5.74) is 2.82. The first-order valence-corrected chi connectivity index (χ1v) is 9.72. The van der Waals surface area contributed by atoms with Crippen LogP contribution >= 0.6 is 0 Å². The van der Waals surface area contributed by atoms with Crippen LogP contribution in [0.2, 0.25) is 0 Å². The highest BCUT2D eigenvalue weighted by Crippen LogP contribution is 2.31. The summed E-state index contributed by atoms with van der Waals surface area (Å²) in [6.07, 6.45) is 1.70. The van der Waals surface area contributed by atoms with Crippen LogP contribution in [0.15, 0.2) is 71.3 Å². The van der Waals surface area contributed by atoms with Crippen LogP contribution in [0.4, 0.5) is 0 Å². The lowest BCUT2D eigenvalue weighted by Gasteiger charge is -2.33. The number of carbonyl (C=O) groups is 1. The van der Waals surface area contributed by atoms with Crippen LogP contribution in [0, 0.1) is 5.92 Å². The van der Waals surface area contributed by atoms with E-state index in [2.05, 4.69) is 5.16 Å². The number of benzene rings is 2. The van der Waals surface area contributed by atoms with Gasteiger partial charge in [0.2, 0.25) is 5.76 Å². The molecule has 1 aliphatic heterocycles. The smallest absolute Gasteiger partial charge is 0.292 e. The van der Waals surface area contributed by atoms with E-state index < -0.39 is 6.10 Å². The summed E-state index contributed by atoms with van der Waals surface area (Å²) >= 11 is 0. The second kappa shape index (κ2) is 8.40. The molecule has 0 aliphatic carbocycles. The molecule has 3 aromatic rings. The van der Waals surface area contributed by atoms with E-state index in [-0.39, 0.29) is 17.6 Å². The van der Waals surface area contributed by atoms with E-state index in [1.165, 1.54) is 0 Å². The number of aromatic nitrogens is 1. The fourth-order valence-corrected chi connectivity index (χ4v) is 3.80. The fraction of sp³-hybridized carbons (Fsp3) is 0.304. The zero-order chi connectivity index (χ0) is 19.3. The minimum atomic E-state index is -0.485. The molecule has 1 N–H and O–H groups in total. The van der Waals surface area contributed by atoms with Gasteiger partial charge in [-0.15, -0.1) is 0 Å². The van der Waals surface area contributed by atoms with Crippen LogP contribution < -0.4 is 0 Å². The summed E-state index contributed by atoms with van der Waals surface area (Å²) in [7, 11) is 0. The number of amides is 1. The third-order valence-corrected chi connectivity index (χ3v) is 5.41. The van der Waals surface area contributed by atoms with Crippen molar-refractivity contribution < 1.29 is 14.4 Å². The quantitative estimate of drug-likeness (QED) is 0.734. The Morgan fingerprint density at radius 3 is 2.39 bits per heavy atom. The molecule has 1 saturated heterocycles. The van der Waals surface area contributed by atoms with E-state index in [4.69, 9.17) is 4.52 Å². The van der Waals surface area contributed by atoms with Gasteiger partial charge in [0, 0.05) is 25.6 Å². The maximum atomic E-state index is 12.7. The molecule has 144 valence electrons. The lowest BCUT2D eigenvalue weighted by molar-refractivity contribution is 0.0437. The van der Waals surface area contributed by atoms with Crippen molar-refractivity contribution in [3.63, 3.8) is 0 Å². The van der Waals surface area contributed by atoms with Gasteiger partial charge in [-0.2, -0.15) is 0 Å². The first-order valence-electron chi connectivity index (χ1n) is 9.72. The number of carbonyl (C=O) groups excluding carboxylic acids is 1. The molecule has 1 fully saturated rings. The van der Waals surface area contributed by atoms with Crippen molar-refractivity contribution >= 4 is 5.91 Å². The van der Waals surface area contributed by atoms with Crippen molar-refractivity contribution in [3.8, 4) is 0 Å². The number of likely N-dealkylation sites (tertiary alicyclic amines) is 1. The molecule has 0 radical (unpaired) electrons. The van der Waals surface area contributed by atoms with Crippen LogP contribution in [0.25, 0.3) is 0 Å². The third kappa shape index (κ3) is 4.15. The monoisotopic (exact) mass is 376 g/mol. The summed E-state index contributed by atoms with van der Waals surface area (Å²) < 4.78 is 5.30. The SMILES string of the molecule is O=C(c1cc(Cc2ccccc2)no1)N1CCC(C(O)c2ccccc2)CC1. The molecule has 1 amide bonds. The number of piperidine rings is 1. The van der Waals surface area contributed by atoms with E-state index in [0.717, 1.165) is 29.7 Å². The Kier molecular flexibility index (Phi) is 5.53. The Balaban J connectivity index is 1.34. The maximum absolute atomic E-state index is 12.7. The van der Waals surface area contributed by atoms with Gasteiger partial charge in [-0.05, 0) is 29.9 Å². The van der Waals surface area contributed by atoms with Crippen molar-refractivity contribution in [3.05, 3.63) is 89.3 Å². The van der Waals surface area contributed by atoms with Crippen molar-refractivity contribution in [2.45, 2.75) is 25.4 Å². The summed E-state index contributed by atoms with van der Waals surface area (Å²) in [5, 5.41) is 14.6. The Morgan fingerprint density at radius 1 is 1.07 bits per heavy atom. The molecule has 0 bridgehead atoms. The second-order valence-corrected chi connectivity index (χ2v) is 7.33. The molecular weight excluding hydrogens is 352 g/mol. The molecule has 5 nitrogen and oxygen atoms in total. The second-order valence-electron chi connectivity index (χ2n) is 7.33. The molecule has 1 atom stereocenters.